The SMILES string of the molecule is Cl.[N-]=[N+]=Nc1ccc(/C=C/CN2CCN(CCCCn3c4ccccc4c4ccccc43)CC2)cc1. The molecule has 0 spiro atoms. The highest BCUT2D eigenvalue weighted by Crippen LogP contribution is 2.29. The summed E-state index contributed by atoms with van der Waals surface area (Å²) >= 11 is 0. The normalized spacial score (nSPS) is 14.8. The van der Waals surface area contributed by atoms with E-state index in [0.29, 0.717) is 5.69 Å². The lowest BCUT2D eigenvalue weighted by Crippen LogP contribution is -2.46. The Kier molecular flexibility index (Phi) is 9.04. The number of halogens is 1. The number of para-hydroxylation sites is 2. The molecule has 0 aliphatic carbocycles. The molecule has 1 saturated heterocycles. The summed E-state index contributed by atoms with van der Waals surface area (Å²) < 4.78 is 2.50. The molecule has 0 atom stereocenters. The first-order valence-corrected chi connectivity index (χ1v) is 12.5. The van der Waals surface area contributed by atoms with E-state index in [1.54, 1.807) is 0 Å². The van der Waals surface area contributed by atoms with Gasteiger partial charge in [0.25, 0.3) is 0 Å². The molecule has 0 N–H and O–H groups in total. The smallest absolute Gasteiger partial charge is 0.0491 e. The van der Waals surface area contributed by atoms with Crippen LogP contribution in [0.15, 0.2) is 84.0 Å². The predicted molar refractivity (Wildman–Crippen MR) is 153 cm³/mol. The topological polar surface area (TPSA) is 60.2 Å². The van der Waals surface area contributed by atoms with Crippen molar-refractivity contribution in [3.05, 3.63) is 94.9 Å². The molecule has 1 aromatic heterocycles. The van der Waals surface area contributed by atoms with Crippen LogP contribution in [0.5, 0.6) is 0 Å². The lowest BCUT2D eigenvalue weighted by molar-refractivity contribution is 0.140. The molecular formula is C29H33ClN6. The first-order chi connectivity index (χ1) is 17.3. The standard InChI is InChI=1S/C29H32N6.ClH/c30-32-31-25-15-13-24(14-16-25)8-7-18-34-22-20-33(21-23-34)17-5-6-19-35-28-11-3-1-9-26(28)27-10-2-4-12-29(27)35;/h1-4,7-16H,5-6,17-23H2;1H/b8-7+;. The Morgan fingerprint density at radius 1 is 0.750 bits per heavy atom. The number of aryl methyl sites for hydroxylation is 1. The van der Waals surface area contributed by atoms with Gasteiger partial charge in [0, 0.05) is 71.7 Å². The van der Waals surface area contributed by atoms with E-state index >= 15 is 0 Å². The zero-order chi connectivity index (χ0) is 23.9. The van der Waals surface area contributed by atoms with Gasteiger partial charge >= 0.3 is 0 Å². The highest BCUT2D eigenvalue weighted by molar-refractivity contribution is 6.07. The molecule has 6 nitrogen and oxygen atoms in total. The van der Waals surface area contributed by atoms with Crippen LogP contribution in [0, 0.1) is 0 Å². The van der Waals surface area contributed by atoms with Gasteiger partial charge < -0.3 is 9.47 Å². The van der Waals surface area contributed by atoms with E-state index in [1.165, 1.54) is 41.2 Å². The minimum Gasteiger partial charge on any atom is -0.340 e. The first-order valence-electron chi connectivity index (χ1n) is 12.5. The van der Waals surface area contributed by atoms with Crippen molar-refractivity contribution in [2.45, 2.75) is 19.4 Å². The highest BCUT2D eigenvalue weighted by atomic mass is 35.5. The fourth-order valence-corrected chi connectivity index (χ4v) is 5.09. The monoisotopic (exact) mass is 500 g/mol. The summed E-state index contributed by atoms with van der Waals surface area (Å²) in [7, 11) is 0. The molecule has 1 aliphatic rings. The third kappa shape index (κ3) is 6.10. The maximum absolute atomic E-state index is 8.50. The second-order valence-corrected chi connectivity index (χ2v) is 9.22. The number of azide groups is 1. The second-order valence-electron chi connectivity index (χ2n) is 9.22. The van der Waals surface area contributed by atoms with E-state index < -0.39 is 0 Å². The van der Waals surface area contributed by atoms with Gasteiger partial charge in [-0.1, -0.05) is 77.9 Å². The Morgan fingerprint density at radius 3 is 1.97 bits per heavy atom. The Hall–Kier alpha value is -3.28. The minimum atomic E-state index is 0. The molecule has 3 aromatic carbocycles. The number of piperazine rings is 1. The largest absolute Gasteiger partial charge is 0.340 e. The maximum Gasteiger partial charge on any atom is 0.0491 e. The van der Waals surface area contributed by atoms with E-state index in [9.17, 15) is 0 Å². The van der Waals surface area contributed by atoms with Crippen LogP contribution in [0.1, 0.15) is 18.4 Å². The first kappa shape index (κ1) is 25.8. The van der Waals surface area contributed by atoms with Gasteiger partial charge in [0.2, 0.25) is 0 Å². The Balaban J connectivity index is 0.00000304. The van der Waals surface area contributed by atoms with Crippen LogP contribution in [0.3, 0.4) is 0 Å². The lowest BCUT2D eigenvalue weighted by Gasteiger charge is -2.34. The van der Waals surface area contributed by atoms with Gasteiger partial charge in [-0.2, -0.15) is 0 Å². The lowest BCUT2D eigenvalue weighted by atomic mass is 10.2. The van der Waals surface area contributed by atoms with Crippen molar-refractivity contribution in [1.29, 1.82) is 0 Å². The van der Waals surface area contributed by atoms with Crippen LogP contribution in [-0.4, -0.2) is 53.6 Å². The summed E-state index contributed by atoms with van der Waals surface area (Å²) in [5, 5.41) is 6.33. The number of aromatic nitrogens is 1. The number of fused-ring (bicyclic) bond motifs is 3. The molecule has 0 saturated carbocycles. The number of hydrogen-bond acceptors (Lipinski definition) is 3. The van der Waals surface area contributed by atoms with Crippen molar-refractivity contribution in [3.8, 4) is 0 Å². The quantitative estimate of drug-likeness (QED) is 0.105. The van der Waals surface area contributed by atoms with Crippen LogP contribution >= 0.6 is 12.4 Å². The summed E-state index contributed by atoms with van der Waals surface area (Å²) in [5.74, 6) is 0. The van der Waals surface area contributed by atoms with E-state index in [1.807, 2.05) is 24.3 Å². The molecule has 0 amide bonds. The number of unbranched alkanes of at least 4 members (excludes halogenated alkanes) is 1. The molecular weight excluding hydrogens is 468 g/mol. The third-order valence-electron chi connectivity index (χ3n) is 6.98. The number of hydrogen-bond donors (Lipinski definition) is 0. The molecule has 5 rings (SSSR count). The average molecular weight is 501 g/mol. The third-order valence-corrected chi connectivity index (χ3v) is 6.98. The number of benzene rings is 3. The number of rotatable bonds is 9. The van der Waals surface area contributed by atoms with E-state index in [0.717, 1.165) is 44.8 Å². The second kappa shape index (κ2) is 12.6. The van der Waals surface area contributed by atoms with Crippen molar-refractivity contribution in [2.75, 3.05) is 39.3 Å². The summed E-state index contributed by atoms with van der Waals surface area (Å²) in [6, 6.07) is 25.2. The predicted octanol–water partition coefficient (Wildman–Crippen LogP) is 7.27. The molecule has 7 heteroatoms. The molecule has 2 heterocycles. The molecule has 36 heavy (non-hydrogen) atoms. The zero-order valence-electron chi connectivity index (χ0n) is 20.5. The Bertz CT molecular complexity index is 1290. The molecule has 1 fully saturated rings. The Morgan fingerprint density at radius 2 is 1.33 bits per heavy atom. The molecule has 0 unspecified atom stereocenters. The van der Waals surface area contributed by atoms with Crippen molar-refractivity contribution in [2.24, 2.45) is 5.11 Å². The van der Waals surface area contributed by atoms with Crippen molar-refractivity contribution in [3.63, 3.8) is 0 Å². The average Bonchev–Trinajstić information content (AvgIpc) is 3.22. The molecule has 1 aliphatic heterocycles. The van der Waals surface area contributed by atoms with Crippen molar-refractivity contribution in [1.82, 2.24) is 14.4 Å². The fourth-order valence-electron chi connectivity index (χ4n) is 5.09. The van der Waals surface area contributed by atoms with Crippen LogP contribution in [0.25, 0.3) is 38.3 Å². The van der Waals surface area contributed by atoms with E-state index in [4.69, 9.17) is 5.53 Å². The van der Waals surface area contributed by atoms with Gasteiger partial charge in [0.05, 0.1) is 0 Å². The van der Waals surface area contributed by atoms with Crippen LogP contribution in [0.4, 0.5) is 5.69 Å². The van der Waals surface area contributed by atoms with Gasteiger partial charge in [-0.3, -0.25) is 4.90 Å². The van der Waals surface area contributed by atoms with Crippen LogP contribution < -0.4 is 0 Å². The molecule has 0 radical (unpaired) electrons. The van der Waals surface area contributed by atoms with E-state index in [-0.39, 0.29) is 12.4 Å². The molecule has 0 bridgehead atoms. The van der Waals surface area contributed by atoms with Crippen LogP contribution in [-0.2, 0) is 6.54 Å². The summed E-state index contributed by atoms with van der Waals surface area (Å²) in [6.07, 6.45) is 6.79. The summed E-state index contributed by atoms with van der Waals surface area (Å²) in [5.41, 5.74) is 13.0. The molecule has 4 aromatic rings. The van der Waals surface area contributed by atoms with Crippen molar-refractivity contribution >= 4 is 46.0 Å². The van der Waals surface area contributed by atoms with Gasteiger partial charge in [-0.15, -0.1) is 12.4 Å². The fraction of sp³-hybridized carbons (Fsp3) is 0.310. The maximum atomic E-state index is 8.50. The van der Waals surface area contributed by atoms with Crippen molar-refractivity contribution < 1.29 is 0 Å². The minimum absolute atomic E-state index is 0. The highest BCUT2D eigenvalue weighted by Gasteiger charge is 2.15. The zero-order valence-corrected chi connectivity index (χ0v) is 21.4. The summed E-state index contributed by atoms with van der Waals surface area (Å²) in [6.45, 7) is 7.74. The molecule has 186 valence electrons. The van der Waals surface area contributed by atoms with Gasteiger partial charge in [-0.05, 0) is 42.6 Å². The van der Waals surface area contributed by atoms with Gasteiger partial charge in [0.15, 0.2) is 0 Å². The van der Waals surface area contributed by atoms with Gasteiger partial charge in [-0.25, -0.2) is 0 Å². The van der Waals surface area contributed by atoms with E-state index in [2.05, 4.69) is 85.1 Å². The summed E-state index contributed by atoms with van der Waals surface area (Å²) in [4.78, 5) is 7.94. The van der Waals surface area contributed by atoms with Crippen LogP contribution in [0.2, 0.25) is 0 Å². The Labute approximate surface area is 218 Å². The number of nitrogens with zero attached hydrogens (tertiary/aromatic N) is 6. The van der Waals surface area contributed by atoms with Gasteiger partial charge in [0.1, 0.15) is 0 Å².